The highest BCUT2D eigenvalue weighted by Gasteiger charge is 2.05. The summed E-state index contributed by atoms with van der Waals surface area (Å²) in [4.78, 5) is 10.9. The van der Waals surface area contributed by atoms with Gasteiger partial charge in [-0.25, -0.2) is 0 Å². The number of rotatable bonds is 2. The van der Waals surface area contributed by atoms with Gasteiger partial charge in [0.2, 0.25) is 0 Å². The van der Waals surface area contributed by atoms with Crippen molar-refractivity contribution in [2.75, 3.05) is 0 Å². The van der Waals surface area contributed by atoms with Crippen molar-refractivity contribution in [1.82, 2.24) is 0 Å². The Bertz CT molecular complexity index is 513. The van der Waals surface area contributed by atoms with Gasteiger partial charge in [-0.1, -0.05) is 29.8 Å². The van der Waals surface area contributed by atoms with Gasteiger partial charge in [0.25, 0.3) is 0 Å². The SMILES string of the molecule is Cc1ccc(-c2cc(O)ccc2C=O)cc1. The molecule has 0 amide bonds. The second kappa shape index (κ2) is 4.19. The molecule has 0 fully saturated rings. The Morgan fingerprint density at radius 2 is 1.75 bits per heavy atom. The van der Waals surface area contributed by atoms with Crippen molar-refractivity contribution >= 4 is 6.29 Å². The number of carbonyl (C=O) groups is 1. The van der Waals surface area contributed by atoms with Gasteiger partial charge in [0, 0.05) is 5.56 Å². The fourth-order valence-electron chi connectivity index (χ4n) is 1.63. The lowest BCUT2D eigenvalue weighted by Crippen LogP contribution is -1.87. The zero-order chi connectivity index (χ0) is 11.5. The van der Waals surface area contributed by atoms with Gasteiger partial charge in [-0.15, -0.1) is 0 Å². The molecule has 0 unspecified atom stereocenters. The number of benzene rings is 2. The Labute approximate surface area is 94.2 Å². The monoisotopic (exact) mass is 212 g/mol. The summed E-state index contributed by atoms with van der Waals surface area (Å²) in [5.74, 6) is 0.168. The molecule has 2 rings (SSSR count). The van der Waals surface area contributed by atoms with Crippen LogP contribution in [0.15, 0.2) is 42.5 Å². The van der Waals surface area contributed by atoms with E-state index in [0.29, 0.717) is 5.56 Å². The quantitative estimate of drug-likeness (QED) is 0.776. The van der Waals surface area contributed by atoms with Crippen molar-refractivity contribution in [3.63, 3.8) is 0 Å². The normalized spacial score (nSPS) is 10.1. The van der Waals surface area contributed by atoms with Gasteiger partial charge in [0.1, 0.15) is 5.75 Å². The number of aromatic hydroxyl groups is 1. The first-order valence-corrected chi connectivity index (χ1v) is 5.06. The van der Waals surface area contributed by atoms with Crippen LogP contribution < -0.4 is 0 Å². The Morgan fingerprint density at radius 3 is 2.38 bits per heavy atom. The molecule has 0 aliphatic carbocycles. The van der Waals surface area contributed by atoms with Crippen molar-refractivity contribution in [3.8, 4) is 16.9 Å². The first kappa shape index (κ1) is 10.4. The molecule has 2 aromatic rings. The second-order valence-corrected chi connectivity index (χ2v) is 3.76. The lowest BCUT2D eigenvalue weighted by Gasteiger charge is -2.06. The molecule has 2 nitrogen and oxygen atoms in total. The summed E-state index contributed by atoms with van der Waals surface area (Å²) in [6.07, 6.45) is 0.800. The zero-order valence-corrected chi connectivity index (χ0v) is 8.97. The number of hydrogen-bond acceptors (Lipinski definition) is 2. The van der Waals surface area contributed by atoms with Gasteiger partial charge in [-0.3, -0.25) is 4.79 Å². The minimum Gasteiger partial charge on any atom is -0.508 e. The van der Waals surface area contributed by atoms with Crippen molar-refractivity contribution < 1.29 is 9.90 Å². The van der Waals surface area contributed by atoms with Gasteiger partial charge in [-0.05, 0) is 36.2 Å². The fourth-order valence-corrected chi connectivity index (χ4v) is 1.63. The molecule has 16 heavy (non-hydrogen) atoms. The summed E-state index contributed by atoms with van der Waals surface area (Å²) in [5.41, 5.74) is 3.44. The van der Waals surface area contributed by atoms with E-state index in [-0.39, 0.29) is 5.75 Å². The highest BCUT2D eigenvalue weighted by atomic mass is 16.3. The number of phenolic OH excluding ortho intramolecular Hbond substituents is 1. The maximum Gasteiger partial charge on any atom is 0.150 e. The summed E-state index contributed by atoms with van der Waals surface area (Å²) >= 11 is 0. The molecule has 1 N–H and O–H groups in total. The fraction of sp³-hybridized carbons (Fsp3) is 0.0714. The number of hydrogen-bond donors (Lipinski definition) is 1. The van der Waals surface area contributed by atoms with Crippen LogP contribution in [0.25, 0.3) is 11.1 Å². The predicted molar refractivity (Wildman–Crippen MR) is 63.7 cm³/mol. The third-order valence-electron chi connectivity index (χ3n) is 2.53. The van der Waals surface area contributed by atoms with Crippen LogP contribution in [0.2, 0.25) is 0 Å². The van der Waals surface area contributed by atoms with Crippen LogP contribution in [0.5, 0.6) is 5.75 Å². The smallest absolute Gasteiger partial charge is 0.150 e. The Morgan fingerprint density at radius 1 is 1.06 bits per heavy atom. The first-order valence-electron chi connectivity index (χ1n) is 5.06. The van der Waals surface area contributed by atoms with E-state index >= 15 is 0 Å². The van der Waals surface area contributed by atoms with Crippen LogP contribution in [-0.2, 0) is 0 Å². The minimum atomic E-state index is 0.168. The molecule has 0 aliphatic heterocycles. The van der Waals surface area contributed by atoms with Crippen LogP contribution in [0.4, 0.5) is 0 Å². The molecule has 0 saturated heterocycles. The summed E-state index contributed by atoms with van der Waals surface area (Å²) in [7, 11) is 0. The maximum atomic E-state index is 10.9. The summed E-state index contributed by atoms with van der Waals surface area (Å²) < 4.78 is 0. The molecular formula is C14H12O2. The largest absolute Gasteiger partial charge is 0.508 e. The highest BCUT2D eigenvalue weighted by molar-refractivity contribution is 5.88. The molecule has 0 aliphatic rings. The average Bonchev–Trinajstić information content (AvgIpc) is 2.30. The van der Waals surface area contributed by atoms with E-state index in [9.17, 15) is 9.90 Å². The van der Waals surface area contributed by atoms with Crippen LogP contribution in [-0.4, -0.2) is 11.4 Å². The Balaban J connectivity index is 2.57. The number of aldehydes is 1. The van der Waals surface area contributed by atoms with Crippen molar-refractivity contribution in [2.24, 2.45) is 0 Å². The third kappa shape index (κ3) is 1.96. The van der Waals surface area contributed by atoms with Crippen LogP contribution in [0, 0.1) is 6.92 Å². The second-order valence-electron chi connectivity index (χ2n) is 3.76. The molecule has 80 valence electrons. The van der Waals surface area contributed by atoms with Crippen LogP contribution in [0.1, 0.15) is 15.9 Å². The molecule has 0 aromatic heterocycles. The third-order valence-corrected chi connectivity index (χ3v) is 2.53. The molecule has 2 heteroatoms. The Kier molecular flexibility index (Phi) is 2.73. The van der Waals surface area contributed by atoms with E-state index in [2.05, 4.69) is 0 Å². The Hall–Kier alpha value is -2.09. The molecule has 0 spiro atoms. The van der Waals surface area contributed by atoms with Crippen LogP contribution in [0.3, 0.4) is 0 Å². The average molecular weight is 212 g/mol. The van der Waals surface area contributed by atoms with E-state index in [1.54, 1.807) is 12.1 Å². The number of phenols is 1. The summed E-state index contributed by atoms with van der Waals surface area (Å²) in [6.45, 7) is 2.01. The minimum absolute atomic E-state index is 0.168. The van der Waals surface area contributed by atoms with Crippen molar-refractivity contribution in [2.45, 2.75) is 6.92 Å². The molecule has 0 atom stereocenters. The highest BCUT2D eigenvalue weighted by Crippen LogP contribution is 2.26. The van der Waals surface area contributed by atoms with E-state index in [0.717, 1.165) is 23.0 Å². The summed E-state index contributed by atoms with van der Waals surface area (Å²) in [5, 5.41) is 9.43. The van der Waals surface area contributed by atoms with E-state index in [1.165, 1.54) is 6.07 Å². The number of aryl methyl sites for hydroxylation is 1. The molecule has 0 heterocycles. The van der Waals surface area contributed by atoms with Crippen molar-refractivity contribution in [3.05, 3.63) is 53.6 Å². The van der Waals surface area contributed by atoms with Gasteiger partial charge in [0.05, 0.1) is 0 Å². The molecule has 0 bridgehead atoms. The lowest BCUT2D eigenvalue weighted by molar-refractivity contribution is 0.112. The standard InChI is InChI=1S/C14H12O2/c1-10-2-4-11(5-3-10)14-8-13(16)7-6-12(14)9-15/h2-9,16H,1H3. The molecular weight excluding hydrogens is 200 g/mol. The molecule has 2 aromatic carbocycles. The van der Waals surface area contributed by atoms with Gasteiger partial charge in [0.15, 0.2) is 6.29 Å². The van der Waals surface area contributed by atoms with E-state index in [4.69, 9.17) is 0 Å². The van der Waals surface area contributed by atoms with E-state index in [1.807, 2.05) is 31.2 Å². The van der Waals surface area contributed by atoms with Crippen LogP contribution >= 0.6 is 0 Å². The first-order chi connectivity index (χ1) is 7.70. The van der Waals surface area contributed by atoms with E-state index < -0.39 is 0 Å². The van der Waals surface area contributed by atoms with Gasteiger partial charge < -0.3 is 5.11 Å². The number of carbonyl (C=O) groups excluding carboxylic acids is 1. The molecule has 0 saturated carbocycles. The van der Waals surface area contributed by atoms with Gasteiger partial charge >= 0.3 is 0 Å². The topological polar surface area (TPSA) is 37.3 Å². The zero-order valence-electron chi connectivity index (χ0n) is 8.97. The predicted octanol–water partition coefficient (Wildman–Crippen LogP) is 3.18. The van der Waals surface area contributed by atoms with Crippen molar-refractivity contribution in [1.29, 1.82) is 0 Å². The maximum absolute atomic E-state index is 10.9. The van der Waals surface area contributed by atoms with Gasteiger partial charge in [-0.2, -0.15) is 0 Å². The molecule has 0 radical (unpaired) electrons. The summed E-state index contributed by atoms with van der Waals surface area (Å²) in [6, 6.07) is 12.6. The lowest BCUT2D eigenvalue weighted by atomic mass is 9.99.